The molecule has 0 atom stereocenters. The number of unbranched alkanes of at least 4 members (excludes halogenated alkanes) is 1. The Morgan fingerprint density at radius 3 is 2.65 bits per heavy atom. The number of hydrogen-bond acceptors (Lipinski definition) is 3. The number of imidazole rings is 1. The van der Waals surface area contributed by atoms with Gasteiger partial charge in [0.05, 0.1) is 34.8 Å². The Morgan fingerprint density at radius 2 is 1.79 bits per heavy atom. The number of halogens is 1. The highest BCUT2D eigenvalue weighted by atomic mass is 35.5. The van der Waals surface area contributed by atoms with E-state index in [-0.39, 0.29) is 5.91 Å². The van der Waals surface area contributed by atoms with Gasteiger partial charge in [-0.1, -0.05) is 60.1 Å². The minimum atomic E-state index is -0.212. The van der Waals surface area contributed by atoms with Crippen molar-refractivity contribution >= 4 is 28.5 Å². The maximum Gasteiger partial charge on any atom is 0.253 e. The number of para-hydroxylation sites is 3. The summed E-state index contributed by atoms with van der Waals surface area (Å²) in [5, 5.41) is 3.39. The van der Waals surface area contributed by atoms with Crippen LogP contribution in [0, 0.1) is 0 Å². The van der Waals surface area contributed by atoms with Crippen LogP contribution in [0.2, 0.25) is 5.02 Å². The Hall–Kier alpha value is -3.57. The molecule has 0 saturated carbocycles. The monoisotopic (exact) mass is 473 g/mol. The highest BCUT2D eigenvalue weighted by Crippen LogP contribution is 2.20. The van der Waals surface area contributed by atoms with E-state index < -0.39 is 0 Å². The number of rotatable bonds is 11. The van der Waals surface area contributed by atoms with Gasteiger partial charge in [0.15, 0.2) is 0 Å². The van der Waals surface area contributed by atoms with Gasteiger partial charge in [-0.15, -0.1) is 6.58 Å². The highest BCUT2D eigenvalue weighted by Gasteiger charge is 2.14. The maximum absolute atomic E-state index is 12.6. The van der Waals surface area contributed by atoms with Crippen molar-refractivity contribution in [3.05, 3.63) is 107 Å². The van der Waals surface area contributed by atoms with Crippen LogP contribution in [0.4, 0.5) is 0 Å². The van der Waals surface area contributed by atoms with Crippen LogP contribution >= 0.6 is 11.6 Å². The van der Waals surface area contributed by atoms with Crippen molar-refractivity contribution < 1.29 is 9.53 Å². The summed E-state index contributed by atoms with van der Waals surface area (Å²) in [4.78, 5) is 17.4. The predicted molar refractivity (Wildman–Crippen MR) is 137 cm³/mol. The normalized spacial score (nSPS) is 10.9. The maximum atomic E-state index is 12.6. The lowest BCUT2D eigenvalue weighted by Crippen LogP contribution is -2.25. The largest absolute Gasteiger partial charge is 0.493 e. The fourth-order valence-electron chi connectivity index (χ4n) is 3.93. The molecule has 1 heterocycles. The quantitative estimate of drug-likeness (QED) is 0.208. The molecule has 0 saturated heterocycles. The van der Waals surface area contributed by atoms with Gasteiger partial charge in [-0.3, -0.25) is 4.79 Å². The summed E-state index contributed by atoms with van der Waals surface area (Å²) in [7, 11) is 0. The molecule has 1 aromatic heterocycles. The van der Waals surface area contributed by atoms with Crippen molar-refractivity contribution in [3.8, 4) is 5.75 Å². The highest BCUT2D eigenvalue weighted by molar-refractivity contribution is 6.33. The van der Waals surface area contributed by atoms with E-state index in [1.165, 1.54) is 0 Å². The molecule has 1 amide bonds. The van der Waals surface area contributed by atoms with Crippen LogP contribution in [0.25, 0.3) is 11.0 Å². The number of carbonyl (C=O) groups excluding carboxylic acids is 1. The topological polar surface area (TPSA) is 56.1 Å². The zero-order valence-electron chi connectivity index (χ0n) is 19.0. The minimum absolute atomic E-state index is 0.212. The van der Waals surface area contributed by atoms with Crippen molar-refractivity contribution in [3.63, 3.8) is 0 Å². The lowest BCUT2D eigenvalue weighted by atomic mass is 10.1. The van der Waals surface area contributed by atoms with Crippen LogP contribution in [0.3, 0.4) is 0 Å². The number of nitrogens with zero attached hydrogens (tertiary/aromatic N) is 2. The fraction of sp³-hybridized carbons (Fsp3) is 0.214. The number of nitrogens with one attached hydrogen (secondary N) is 1. The average molecular weight is 474 g/mol. The van der Waals surface area contributed by atoms with Crippen LogP contribution < -0.4 is 10.1 Å². The van der Waals surface area contributed by atoms with Gasteiger partial charge in [-0.05, 0) is 55.2 Å². The number of fused-ring (bicyclic) bond motifs is 1. The van der Waals surface area contributed by atoms with Gasteiger partial charge in [-0.25, -0.2) is 4.98 Å². The molecule has 0 spiro atoms. The standard InChI is InChI=1S/C28H28ClN3O2/c1-2-11-21-12-3-8-17-26(21)34-19-10-9-18-32-25-16-7-6-15-24(25)31-27(32)20-30-28(33)22-13-4-5-14-23(22)29/h2-8,12-17H,1,9-11,18-20H2,(H,30,33). The van der Waals surface area contributed by atoms with Gasteiger partial charge in [0.2, 0.25) is 0 Å². The minimum Gasteiger partial charge on any atom is -0.493 e. The molecule has 4 aromatic rings. The number of benzene rings is 3. The van der Waals surface area contributed by atoms with Crippen LogP contribution in [0.1, 0.15) is 34.6 Å². The van der Waals surface area contributed by atoms with Gasteiger partial charge >= 0.3 is 0 Å². The number of aryl methyl sites for hydroxylation is 1. The lowest BCUT2D eigenvalue weighted by molar-refractivity contribution is 0.0949. The van der Waals surface area contributed by atoms with Crippen molar-refractivity contribution in [2.45, 2.75) is 32.4 Å². The number of ether oxygens (including phenoxy) is 1. The average Bonchev–Trinajstić information content (AvgIpc) is 3.21. The molecule has 3 aromatic carbocycles. The van der Waals surface area contributed by atoms with E-state index in [0.29, 0.717) is 23.7 Å². The molecule has 0 fully saturated rings. The summed E-state index contributed by atoms with van der Waals surface area (Å²) in [5.74, 6) is 1.52. The Balaban J connectivity index is 1.38. The van der Waals surface area contributed by atoms with Crippen molar-refractivity contribution in [2.24, 2.45) is 0 Å². The van der Waals surface area contributed by atoms with Crippen molar-refractivity contribution in [1.29, 1.82) is 0 Å². The molecule has 5 nitrogen and oxygen atoms in total. The molecule has 6 heteroatoms. The van der Waals surface area contributed by atoms with Gasteiger partial charge in [0.25, 0.3) is 5.91 Å². The Labute approximate surface area is 205 Å². The first-order valence-corrected chi connectivity index (χ1v) is 11.8. The van der Waals surface area contributed by atoms with Gasteiger partial charge in [0.1, 0.15) is 11.6 Å². The molecule has 0 aliphatic carbocycles. The zero-order valence-corrected chi connectivity index (χ0v) is 19.8. The first-order chi connectivity index (χ1) is 16.7. The molecule has 174 valence electrons. The molecule has 1 N–H and O–H groups in total. The second kappa shape index (κ2) is 11.5. The molecule has 0 aliphatic heterocycles. The van der Waals surface area contributed by atoms with E-state index in [2.05, 4.69) is 28.6 Å². The number of carbonyl (C=O) groups is 1. The first-order valence-electron chi connectivity index (χ1n) is 11.5. The molecule has 0 unspecified atom stereocenters. The molecule has 4 rings (SSSR count). The van der Waals surface area contributed by atoms with E-state index >= 15 is 0 Å². The molecule has 0 aliphatic rings. The SMILES string of the molecule is C=CCc1ccccc1OCCCCn1c(CNC(=O)c2ccccc2Cl)nc2ccccc21. The fourth-order valence-corrected chi connectivity index (χ4v) is 4.15. The van der Waals surface area contributed by atoms with Crippen LogP contribution in [0.5, 0.6) is 5.75 Å². The van der Waals surface area contributed by atoms with E-state index in [1.807, 2.05) is 42.5 Å². The molecular weight excluding hydrogens is 446 g/mol. The van der Waals surface area contributed by atoms with E-state index in [4.69, 9.17) is 21.3 Å². The molecule has 0 radical (unpaired) electrons. The van der Waals surface area contributed by atoms with Crippen molar-refractivity contribution in [2.75, 3.05) is 6.61 Å². The van der Waals surface area contributed by atoms with Crippen LogP contribution in [-0.4, -0.2) is 22.1 Å². The van der Waals surface area contributed by atoms with E-state index in [0.717, 1.165) is 54.0 Å². The summed E-state index contributed by atoms with van der Waals surface area (Å²) in [6.07, 6.45) is 4.51. The second-order valence-electron chi connectivity index (χ2n) is 7.99. The smallest absolute Gasteiger partial charge is 0.253 e. The molecule has 0 bridgehead atoms. The van der Waals surface area contributed by atoms with E-state index in [1.54, 1.807) is 24.3 Å². The van der Waals surface area contributed by atoms with Crippen LogP contribution in [-0.2, 0) is 19.5 Å². The summed E-state index contributed by atoms with van der Waals surface area (Å²) < 4.78 is 8.20. The summed E-state index contributed by atoms with van der Waals surface area (Å²) in [6.45, 7) is 5.57. The number of allylic oxidation sites excluding steroid dienone is 1. The third kappa shape index (κ3) is 5.67. The van der Waals surface area contributed by atoms with Gasteiger partial charge < -0.3 is 14.6 Å². The lowest BCUT2D eigenvalue weighted by Gasteiger charge is -2.12. The summed E-state index contributed by atoms with van der Waals surface area (Å²) >= 11 is 6.17. The Kier molecular flexibility index (Phi) is 7.99. The number of amides is 1. The third-order valence-corrected chi connectivity index (χ3v) is 5.96. The second-order valence-corrected chi connectivity index (χ2v) is 8.39. The van der Waals surface area contributed by atoms with Crippen LogP contribution in [0.15, 0.2) is 85.5 Å². The number of hydrogen-bond donors (Lipinski definition) is 1. The molecule has 34 heavy (non-hydrogen) atoms. The van der Waals surface area contributed by atoms with Crippen molar-refractivity contribution in [1.82, 2.24) is 14.9 Å². The Morgan fingerprint density at radius 1 is 1.03 bits per heavy atom. The Bertz CT molecular complexity index is 1280. The summed E-state index contributed by atoms with van der Waals surface area (Å²) in [6, 6.07) is 23.1. The summed E-state index contributed by atoms with van der Waals surface area (Å²) in [5.41, 5.74) is 3.58. The number of aromatic nitrogens is 2. The zero-order chi connectivity index (χ0) is 23.8. The van der Waals surface area contributed by atoms with E-state index in [9.17, 15) is 4.79 Å². The molecular formula is C28H28ClN3O2. The van der Waals surface area contributed by atoms with Gasteiger partial charge in [-0.2, -0.15) is 0 Å². The van der Waals surface area contributed by atoms with Gasteiger partial charge in [0, 0.05) is 6.54 Å². The third-order valence-electron chi connectivity index (χ3n) is 5.63. The predicted octanol–water partition coefficient (Wildman–Crippen LogP) is 6.21. The first kappa shape index (κ1) is 23.6.